The molecule has 0 aliphatic heterocycles. The predicted octanol–water partition coefficient (Wildman–Crippen LogP) is 2.57. The zero-order valence-corrected chi connectivity index (χ0v) is 8.94. The summed E-state index contributed by atoms with van der Waals surface area (Å²) in [5.41, 5.74) is -0.279. The zero-order valence-electron chi connectivity index (χ0n) is 7.37. The molecule has 0 N–H and O–H groups in total. The SMILES string of the molecule is Cc1nsc(OCC(F)(F)Cl)c1[N+](=O)[O-]. The number of ether oxygens (including phenoxy) is 1. The number of hydrogen-bond acceptors (Lipinski definition) is 5. The molecule has 0 spiro atoms. The van der Waals surface area contributed by atoms with Gasteiger partial charge in [-0.3, -0.25) is 10.1 Å². The molecular weight excluding hydrogens is 254 g/mol. The first-order chi connectivity index (χ1) is 6.81. The van der Waals surface area contributed by atoms with Crippen LogP contribution in [0, 0.1) is 17.0 Å². The third-order valence-electron chi connectivity index (χ3n) is 1.35. The van der Waals surface area contributed by atoms with E-state index in [-0.39, 0.29) is 10.8 Å². The molecule has 0 unspecified atom stereocenters. The van der Waals surface area contributed by atoms with Crippen molar-refractivity contribution < 1.29 is 18.4 Å². The normalized spacial score (nSPS) is 11.5. The van der Waals surface area contributed by atoms with E-state index < -0.39 is 22.6 Å². The van der Waals surface area contributed by atoms with Gasteiger partial charge in [0.25, 0.3) is 5.06 Å². The monoisotopic (exact) mass is 258 g/mol. The lowest BCUT2D eigenvalue weighted by atomic mass is 10.4. The molecule has 84 valence electrons. The molecule has 0 aliphatic rings. The summed E-state index contributed by atoms with van der Waals surface area (Å²) in [5, 5.41) is 6.68. The number of alkyl halides is 3. The van der Waals surface area contributed by atoms with E-state index in [1.807, 2.05) is 0 Å². The molecule has 0 aromatic carbocycles. The Morgan fingerprint density at radius 2 is 2.33 bits per heavy atom. The second-order valence-corrected chi connectivity index (χ2v) is 3.85. The van der Waals surface area contributed by atoms with Crippen molar-refractivity contribution >= 4 is 28.8 Å². The molecule has 0 fully saturated rings. The Labute approximate surface area is 91.9 Å². The van der Waals surface area contributed by atoms with E-state index in [1.165, 1.54) is 6.92 Å². The lowest BCUT2D eigenvalue weighted by molar-refractivity contribution is -0.386. The van der Waals surface area contributed by atoms with Gasteiger partial charge in [0, 0.05) is 11.5 Å². The van der Waals surface area contributed by atoms with Crippen LogP contribution >= 0.6 is 23.1 Å². The van der Waals surface area contributed by atoms with Crippen LogP contribution in [0.4, 0.5) is 14.5 Å². The van der Waals surface area contributed by atoms with Gasteiger partial charge in [0.05, 0.1) is 4.92 Å². The number of rotatable bonds is 4. The molecular formula is C6H5ClF2N2O3S. The Morgan fingerprint density at radius 1 is 1.73 bits per heavy atom. The average Bonchev–Trinajstić information content (AvgIpc) is 2.42. The first-order valence-electron chi connectivity index (χ1n) is 3.61. The standard InChI is InChI=1S/C6H5ClF2N2O3S/c1-3-4(11(12)13)5(15-10-3)14-2-6(7,8)9/h2H2,1H3. The summed E-state index contributed by atoms with van der Waals surface area (Å²) in [7, 11) is 0. The second-order valence-electron chi connectivity index (χ2n) is 2.57. The Hall–Kier alpha value is -1.02. The van der Waals surface area contributed by atoms with Crippen molar-refractivity contribution in [3.63, 3.8) is 0 Å². The van der Waals surface area contributed by atoms with Gasteiger partial charge in [-0.2, -0.15) is 13.2 Å². The quantitative estimate of drug-likeness (QED) is 0.473. The van der Waals surface area contributed by atoms with E-state index >= 15 is 0 Å². The van der Waals surface area contributed by atoms with Gasteiger partial charge in [0.1, 0.15) is 5.69 Å². The fourth-order valence-electron chi connectivity index (χ4n) is 0.793. The first-order valence-corrected chi connectivity index (χ1v) is 4.76. The van der Waals surface area contributed by atoms with Crippen molar-refractivity contribution in [1.29, 1.82) is 0 Å². The van der Waals surface area contributed by atoms with Crippen molar-refractivity contribution in [3.05, 3.63) is 15.8 Å². The van der Waals surface area contributed by atoms with E-state index in [9.17, 15) is 18.9 Å². The minimum atomic E-state index is -3.55. The molecule has 0 radical (unpaired) electrons. The molecule has 0 saturated carbocycles. The molecule has 1 aromatic rings. The van der Waals surface area contributed by atoms with Gasteiger partial charge in [-0.15, -0.1) is 0 Å². The predicted molar refractivity (Wildman–Crippen MR) is 49.8 cm³/mol. The molecule has 0 atom stereocenters. The zero-order chi connectivity index (χ0) is 11.6. The van der Waals surface area contributed by atoms with Crippen LogP contribution in [0.15, 0.2) is 0 Å². The van der Waals surface area contributed by atoms with Crippen molar-refractivity contribution in [1.82, 2.24) is 4.37 Å². The van der Waals surface area contributed by atoms with Crippen molar-refractivity contribution in [2.75, 3.05) is 6.61 Å². The van der Waals surface area contributed by atoms with Crippen LogP contribution in [0.1, 0.15) is 5.69 Å². The highest BCUT2D eigenvalue weighted by molar-refractivity contribution is 7.08. The molecule has 0 aliphatic carbocycles. The van der Waals surface area contributed by atoms with Crippen molar-refractivity contribution in [2.24, 2.45) is 0 Å². The summed E-state index contributed by atoms with van der Waals surface area (Å²) in [6.07, 6.45) is 0. The fourth-order valence-corrected chi connectivity index (χ4v) is 1.57. The Kier molecular flexibility index (Phi) is 3.40. The fraction of sp³-hybridized carbons (Fsp3) is 0.500. The third kappa shape index (κ3) is 3.24. The maximum absolute atomic E-state index is 12.2. The molecule has 15 heavy (non-hydrogen) atoms. The molecule has 1 heterocycles. The second kappa shape index (κ2) is 4.23. The summed E-state index contributed by atoms with van der Waals surface area (Å²) in [4.78, 5) is 9.76. The van der Waals surface area contributed by atoms with Gasteiger partial charge in [-0.25, -0.2) is 0 Å². The summed E-state index contributed by atoms with van der Waals surface area (Å²) < 4.78 is 32.5. The maximum atomic E-state index is 12.2. The molecule has 0 saturated heterocycles. The van der Waals surface area contributed by atoms with Gasteiger partial charge in [0.15, 0.2) is 6.61 Å². The van der Waals surface area contributed by atoms with Gasteiger partial charge in [-0.05, 0) is 18.5 Å². The number of aryl methyl sites for hydroxylation is 1. The number of hydrogen-bond donors (Lipinski definition) is 0. The van der Waals surface area contributed by atoms with Crippen molar-refractivity contribution in [2.45, 2.75) is 12.3 Å². The minimum Gasteiger partial charge on any atom is -0.470 e. The summed E-state index contributed by atoms with van der Waals surface area (Å²) in [6.45, 7) is 0.261. The molecule has 1 aromatic heterocycles. The van der Waals surface area contributed by atoms with Crippen LogP contribution in [-0.2, 0) is 0 Å². The van der Waals surface area contributed by atoms with Gasteiger partial charge in [0.2, 0.25) is 0 Å². The van der Waals surface area contributed by atoms with Crippen LogP contribution < -0.4 is 4.74 Å². The van der Waals surface area contributed by atoms with E-state index in [4.69, 9.17) is 0 Å². The number of nitrogens with zero attached hydrogens (tertiary/aromatic N) is 2. The third-order valence-corrected chi connectivity index (χ3v) is 2.30. The van der Waals surface area contributed by atoms with Gasteiger partial charge in [-0.1, -0.05) is 0 Å². The van der Waals surface area contributed by atoms with E-state index in [2.05, 4.69) is 20.7 Å². The largest absolute Gasteiger partial charge is 0.470 e. The maximum Gasteiger partial charge on any atom is 0.355 e. The van der Waals surface area contributed by atoms with Crippen LogP contribution in [0.3, 0.4) is 0 Å². The molecule has 0 bridgehead atoms. The van der Waals surface area contributed by atoms with Crippen LogP contribution in [-0.4, -0.2) is 21.3 Å². The molecule has 1 rings (SSSR count). The van der Waals surface area contributed by atoms with E-state index in [1.54, 1.807) is 0 Å². The Balaban J connectivity index is 2.82. The van der Waals surface area contributed by atoms with E-state index in [0.29, 0.717) is 11.5 Å². The topological polar surface area (TPSA) is 65.3 Å². The minimum absolute atomic E-state index is 0.123. The number of nitro groups is 1. The summed E-state index contributed by atoms with van der Waals surface area (Å²) >= 11 is 5.22. The highest BCUT2D eigenvalue weighted by atomic mass is 35.5. The van der Waals surface area contributed by atoms with Gasteiger partial charge < -0.3 is 4.74 Å². The van der Waals surface area contributed by atoms with Crippen LogP contribution in [0.25, 0.3) is 0 Å². The first kappa shape index (κ1) is 12.1. The summed E-state index contributed by atoms with van der Waals surface area (Å²) in [5.74, 6) is 0. The van der Waals surface area contributed by atoms with E-state index in [0.717, 1.165) is 0 Å². The molecule has 9 heteroatoms. The lowest BCUT2D eigenvalue weighted by Gasteiger charge is -2.07. The number of aromatic nitrogens is 1. The Morgan fingerprint density at radius 3 is 2.80 bits per heavy atom. The smallest absolute Gasteiger partial charge is 0.355 e. The molecule has 0 amide bonds. The molecule has 5 nitrogen and oxygen atoms in total. The highest BCUT2D eigenvalue weighted by Crippen LogP contribution is 2.35. The van der Waals surface area contributed by atoms with Crippen LogP contribution in [0.5, 0.6) is 5.06 Å². The van der Waals surface area contributed by atoms with Crippen LogP contribution in [0.2, 0.25) is 0 Å². The summed E-state index contributed by atoms with van der Waals surface area (Å²) in [6, 6.07) is 0. The lowest BCUT2D eigenvalue weighted by Crippen LogP contribution is -2.17. The average molecular weight is 259 g/mol. The van der Waals surface area contributed by atoms with Gasteiger partial charge >= 0.3 is 11.1 Å². The van der Waals surface area contributed by atoms with Crippen molar-refractivity contribution in [3.8, 4) is 5.06 Å². The Bertz CT molecular complexity index is 379. The highest BCUT2D eigenvalue weighted by Gasteiger charge is 2.30. The number of halogens is 3.